The molecule has 0 radical (unpaired) electrons. The summed E-state index contributed by atoms with van der Waals surface area (Å²) in [6.07, 6.45) is 19.9. The van der Waals surface area contributed by atoms with Crippen molar-refractivity contribution in [3.8, 4) is 0 Å². The second-order valence-electron chi connectivity index (χ2n) is 13.5. The lowest BCUT2D eigenvalue weighted by Crippen LogP contribution is -2.76. The molecule has 1 spiro atoms. The maximum Gasteiger partial charge on any atom is 0.308 e. The number of aliphatic hydroxyl groups is 1. The highest BCUT2D eigenvalue weighted by Crippen LogP contribution is 2.69. The number of ketones is 1. The summed E-state index contributed by atoms with van der Waals surface area (Å²) in [5, 5.41) is 12.4. The van der Waals surface area contributed by atoms with Gasteiger partial charge in [-0.25, -0.2) is 0 Å². The van der Waals surface area contributed by atoms with Gasteiger partial charge in [-0.1, -0.05) is 64.4 Å². The Morgan fingerprint density at radius 3 is 2.60 bits per heavy atom. The third-order valence-electron chi connectivity index (χ3n) is 11.0. The molecule has 4 aliphatic carbocycles. The summed E-state index contributed by atoms with van der Waals surface area (Å²) >= 11 is 0. The van der Waals surface area contributed by atoms with E-state index in [2.05, 4.69) is 17.9 Å². The van der Waals surface area contributed by atoms with Gasteiger partial charge in [0.2, 0.25) is 6.79 Å². The Morgan fingerprint density at radius 2 is 1.85 bits per heavy atom. The van der Waals surface area contributed by atoms with Crippen molar-refractivity contribution in [1.82, 2.24) is 4.90 Å². The minimum Gasteiger partial charge on any atom is -0.482 e. The van der Waals surface area contributed by atoms with Crippen molar-refractivity contribution < 1.29 is 28.9 Å². The van der Waals surface area contributed by atoms with Crippen LogP contribution in [0.5, 0.6) is 0 Å². The van der Waals surface area contributed by atoms with Crippen LogP contribution in [0.25, 0.3) is 0 Å². The van der Waals surface area contributed by atoms with Crippen LogP contribution in [-0.4, -0.2) is 59.4 Å². The lowest BCUT2D eigenvalue weighted by molar-refractivity contribution is -0.244. The molecule has 0 amide bonds. The van der Waals surface area contributed by atoms with E-state index in [1.807, 2.05) is 6.08 Å². The molecule has 0 aromatic heterocycles. The van der Waals surface area contributed by atoms with Gasteiger partial charge in [0, 0.05) is 31.3 Å². The lowest BCUT2D eigenvalue weighted by atomic mass is 9.44. The zero-order valence-corrected chi connectivity index (χ0v) is 24.4. The Morgan fingerprint density at radius 1 is 1.10 bits per heavy atom. The van der Waals surface area contributed by atoms with E-state index < -0.39 is 17.1 Å². The molecule has 6 aliphatic rings. The molecule has 3 unspecified atom stereocenters. The molecular weight excluding hydrogens is 506 g/mol. The summed E-state index contributed by atoms with van der Waals surface area (Å²) < 4.78 is 17.9. The highest BCUT2D eigenvalue weighted by atomic mass is 16.7. The molecule has 1 N–H and O–H groups in total. The van der Waals surface area contributed by atoms with Crippen LogP contribution < -0.4 is 0 Å². The van der Waals surface area contributed by atoms with E-state index in [0.717, 1.165) is 44.7 Å². The molecular formula is C33H49NO6. The van der Waals surface area contributed by atoms with E-state index in [0.29, 0.717) is 30.8 Å². The van der Waals surface area contributed by atoms with Gasteiger partial charge in [0.05, 0.1) is 11.0 Å². The Kier molecular flexibility index (Phi) is 8.33. The predicted molar refractivity (Wildman–Crippen MR) is 151 cm³/mol. The molecule has 3 saturated carbocycles. The smallest absolute Gasteiger partial charge is 0.308 e. The minimum atomic E-state index is -0.931. The van der Waals surface area contributed by atoms with E-state index in [4.69, 9.17) is 14.2 Å². The van der Waals surface area contributed by atoms with Gasteiger partial charge >= 0.3 is 5.97 Å². The molecule has 2 aliphatic heterocycles. The fourth-order valence-electron chi connectivity index (χ4n) is 8.78. The van der Waals surface area contributed by atoms with Crippen LogP contribution >= 0.6 is 0 Å². The number of esters is 1. The molecule has 2 saturated heterocycles. The largest absolute Gasteiger partial charge is 0.482 e. The summed E-state index contributed by atoms with van der Waals surface area (Å²) in [5.74, 6) is 2.01. The van der Waals surface area contributed by atoms with Crippen LogP contribution in [-0.2, 0) is 23.8 Å². The van der Waals surface area contributed by atoms with E-state index in [-0.39, 0.29) is 36.4 Å². The molecule has 7 heteroatoms. The quantitative estimate of drug-likeness (QED) is 0.155. The van der Waals surface area contributed by atoms with E-state index in [1.165, 1.54) is 57.8 Å². The van der Waals surface area contributed by atoms with Gasteiger partial charge < -0.3 is 19.3 Å². The first kappa shape index (κ1) is 28.3. The van der Waals surface area contributed by atoms with Crippen molar-refractivity contribution in [3.63, 3.8) is 0 Å². The molecule has 2 bridgehead atoms. The van der Waals surface area contributed by atoms with Gasteiger partial charge in [0.15, 0.2) is 17.6 Å². The maximum atomic E-state index is 13.2. The number of carbonyl (C=O) groups excluding carboxylic acids is 2. The number of piperidine rings is 1. The van der Waals surface area contributed by atoms with E-state index in [9.17, 15) is 14.7 Å². The Hall–Kier alpha value is -1.86. The third-order valence-corrected chi connectivity index (χ3v) is 11.0. The molecule has 7 nitrogen and oxygen atoms in total. The lowest BCUT2D eigenvalue weighted by Gasteiger charge is -2.65. The zero-order valence-electron chi connectivity index (χ0n) is 24.4. The number of nitrogens with zero attached hydrogens (tertiary/aromatic N) is 1. The number of rotatable bonds is 15. The van der Waals surface area contributed by atoms with Crippen LogP contribution in [0, 0.1) is 23.2 Å². The van der Waals surface area contributed by atoms with Crippen molar-refractivity contribution in [1.29, 1.82) is 0 Å². The van der Waals surface area contributed by atoms with Gasteiger partial charge in [0.25, 0.3) is 0 Å². The molecule has 0 aromatic carbocycles. The second kappa shape index (κ2) is 11.8. The second-order valence-corrected chi connectivity index (χ2v) is 13.5. The topological polar surface area (TPSA) is 85.3 Å². The van der Waals surface area contributed by atoms with Crippen LogP contribution in [0.4, 0.5) is 0 Å². The highest BCUT2D eigenvalue weighted by Gasteiger charge is 2.77. The Balaban J connectivity index is 1.04. The number of Topliss-reactive ketones (excluding diaryl/α,β-unsaturated/α-hetero) is 1. The van der Waals surface area contributed by atoms with Gasteiger partial charge in [-0.2, -0.15) is 0 Å². The minimum absolute atomic E-state index is 0.0655. The fraction of sp³-hybridized carbons (Fsp3) is 0.818. The van der Waals surface area contributed by atoms with Crippen molar-refractivity contribution in [2.24, 2.45) is 23.2 Å². The number of carbonyl (C=O) groups is 2. The summed E-state index contributed by atoms with van der Waals surface area (Å²) in [6, 6.07) is 0.0655. The average molecular weight is 556 g/mol. The Bertz CT molecular complexity index is 1020. The third kappa shape index (κ3) is 5.04. The zero-order chi connectivity index (χ0) is 27.7. The van der Waals surface area contributed by atoms with Gasteiger partial charge in [-0.3, -0.25) is 14.5 Å². The number of ether oxygens (including phenoxy) is 3. The van der Waals surface area contributed by atoms with E-state index >= 15 is 0 Å². The fourth-order valence-corrected chi connectivity index (χ4v) is 8.78. The maximum absolute atomic E-state index is 13.2. The average Bonchev–Trinajstić information content (AvgIpc) is 3.69. The number of hydrogen-bond acceptors (Lipinski definition) is 7. The number of unbranched alkanes of at least 4 members (excludes halogenated alkanes) is 8. The molecule has 222 valence electrons. The SMILES string of the molecule is CCCCCCCCCCCC(=O)OCOC1=C2O[C@H]3C(=O)CC[C@@]4(O)C5CC(C=C1)C2[C@@]34CCN5CC1CC1. The first-order valence-corrected chi connectivity index (χ1v) is 16.3. The van der Waals surface area contributed by atoms with Crippen molar-refractivity contribution in [2.45, 2.75) is 127 Å². The normalized spacial score (nSPS) is 35.9. The highest BCUT2D eigenvalue weighted by molar-refractivity contribution is 5.87. The standard InChI is InChI=1S/C33H49NO6/c1-2-3-4-5-6-7-8-9-10-11-28(36)39-22-38-26-15-14-24-20-27-33(37)17-16-25(35)31-32(33,29(24)30(26)40-31)18-19-34(27)21-23-12-13-23/h14-15,23-24,27,29,31,37H,2-13,16-22H2,1H3/t24?,27?,29?,31-,32-,33+/m0/s1. The molecule has 0 aromatic rings. The molecule has 6 atom stereocenters. The van der Waals surface area contributed by atoms with Crippen molar-refractivity contribution in [2.75, 3.05) is 19.9 Å². The monoisotopic (exact) mass is 555 g/mol. The van der Waals surface area contributed by atoms with Crippen molar-refractivity contribution in [3.05, 3.63) is 23.7 Å². The molecule has 2 heterocycles. The molecule has 6 rings (SSSR count). The summed E-state index contributed by atoms with van der Waals surface area (Å²) in [6.45, 7) is 4.05. The van der Waals surface area contributed by atoms with Gasteiger partial charge in [0.1, 0.15) is 5.76 Å². The molecule has 40 heavy (non-hydrogen) atoms. The summed E-state index contributed by atoms with van der Waals surface area (Å²) in [5.41, 5.74) is -1.53. The van der Waals surface area contributed by atoms with Crippen molar-refractivity contribution >= 4 is 11.8 Å². The van der Waals surface area contributed by atoms with Gasteiger partial charge in [-0.05, 0) is 63.0 Å². The van der Waals surface area contributed by atoms with Crippen LogP contribution in [0.3, 0.4) is 0 Å². The number of allylic oxidation sites excluding steroid dienone is 3. The van der Waals surface area contributed by atoms with E-state index in [1.54, 1.807) is 0 Å². The summed E-state index contributed by atoms with van der Waals surface area (Å²) in [4.78, 5) is 28.1. The van der Waals surface area contributed by atoms with Crippen LogP contribution in [0.1, 0.15) is 110 Å². The summed E-state index contributed by atoms with van der Waals surface area (Å²) in [7, 11) is 0. The predicted octanol–water partition coefficient (Wildman–Crippen LogP) is 5.81. The van der Waals surface area contributed by atoms with Crippen LogP contribution in [0.2, 0.25) is 0 Å². The molecule has 5 fully saturated rings. The Labute approximate surface area is 239 Å². The van der Waals surface area contributed by atoms with Gasteiger partial charge in [-0.15, -0.1) is 0 Å². The number of hydrogen-bond donors (Lipinski definition) is 1. The number of likely N-dealkylation sites (tertiary alicyclic amines) is 1. The van der Waals surface area contributed by atoms with Crippen LogP contribution in [0.15, 0.2) is 23.7 Å². The first-order chi connectivity index (χ1) is 19.5. The first-order valence-electron chi connectivity index (χ1n) is 16.3.